The maximum atomic E-state index is 9.95. The van der Waals surface area contributed by atoms with Crippen LogP contribution in [-0.2, 0) is 6.42 Å². The summed E-state index contributed by atoms with van der Waals surface area (Å²) in [5.74, 6) is 1.47. The molecule has 17 heavy (non-hydrogen) atoms. The molecule has 2 unspecified atom stereocenters. The molecule has 0 aromatic heterocycles. The van der Waals surface area contributed by atoms with E-state index in [0.717, 1.165) is 43.6 Å². The van der Waals surface area contributed by atoms with Gasteiger partial charge in [-0.3, -0.25) is 0 Å². The van der Waals surface area contributed by atoms with Crippen molar-refractivity contribution in [2.45, 2.75) is 45.6 Å². The van der Waals surface area contributed by atoms with Gasteiger partial charge in [-0.1, -0.05) is 26.3 Å². The summed E-state index contributed by atoms with van der Waals surface area (Å²) in [6.07, 6.45) is 3.88. The largest absolute Gasteiger partial charge is 0.493 e. The maximum Gasteiger partial charge on any atom is 0.119 e. The Balaban J connectivity index is 2.07. The topological polar surface area (TPSA) is 29.5 Å². The Bertz CT molecular complexity index is 373. The molecule has 1 aliphatic carbocycles. The second kappa shape index (κ2) is 5.54. The van der Waals surface area contributed by atoms with E-state index in [2.05, 4.69) is 19.9 Å². The third-order valence-corrected chi connectivity index (χ3v) is 3.63. The van der Waals surface area contributed by atoms with Crippen molar-refractivity contribution in [3.05, 3.63) is 29.3 Å². The molecule has 0 aliphatic heterocycles. The van der Waals surface area contributed by atoms with Gasteiger partial charge in [0.05, 0.1) is 12.7 Å². The van der Waals surface area contributed by atoms with Gasteiger partial charge in [0.2, 0.25) is 0 Å². The first-order chi connectivity index (χ1) is 8.20. The number of aryl methyl sites for hydroxylation is 1. The van der Waals surface area contributed by atoms with Gasteiger partial charge in [-0.25, -0.2) is 0 Å². The summed E-state index contributed by atoms with van der Waals surface area (Å²) in [6.45, 7) is 5.11. The van der Waals surface area contributed by atoms with Crippen LogP contribution in [0.4, 0.5) is 0 Å². The van der Waals surface area contributed by atoms with Gasteiger partial charge >= 0.3 is 0 Å². The highest BCUT2D eigenvalue weighted by Crippen LogP contribution is 2.32. The molecule has 94 valence electrons. The van der Waals surface area contributed by atoms with Crippen molar-refractivity contribution in [3.8, 4) is 5.75 Å². The summed E-state index contributed by atoms with van der Waals surface area (Å²) >= 11 is 0. The van der Waals surface area contributed by atoms with Crippen molar-refractivity contribution in [3.63, 3.8) is 0 Å². The number of benzene rings is 1. The van der Waals surface area contributed by atoms with E-state index in [9.17, 15) is 5.11 Å². The van der Waals surface area contributed by atoms with Crippen molar-refractivity contribution in [2.75, 3.05) is 6.61 Å². The van der Waals surface area contributed by atoms with Gasteiger partial charge in [0.15, 0.2) is 0 Å². The molecular weight excluding hydrogens is 212 g/mol. The Morgan fingerprint density at radius 2 is 2.29 bits per heavy atom. The van der Waals surface area contributed by atoms with Gasteiger partial charge in [-0.05, 0) is 48.4 Å². The molecule has 0 fully saturated rings. The molecule has 0 radical (unpaired) electrons. The fourth-order valence-electron chi connectivity index (χ4n) is 2.20. The first-order valence-corrected chi connectivity index (χ1v) is 6.64. The zero-order chi connectivity index (χ0) is 12.3. The Kier molecular flexibility index (Phi) is 4.06. The molecule has 1 N–H and O–H groups in total. The lowest BCUT2D eigenvalue weighted by molar-refractivity contribution is 0.155. The highest BCUT2D eigenvalue weighted by atomic mass is 16.5. The van der Waals surface area contributed by atoms with E-state index >= 15 is 0 Å². The number of hydrogen-bond donors (Lipinski definition) is 1. The quantitative estimate of drug-likeness (QED) is 0.864. The third-order valence-electron chi connectivity index (χ3n) is 3.63. The number of aliphatic hydroxyl groups excluding tert-OH is 1. The van der Waals surface area contributed by atoms with Gasteiger partial charge in [-0.2, -0.15) is 0 Å². The second-order valence-corrected chi connectivity index (χ2v) is 5.09. The zero-order valence-electron chi connectivity index (χ0n) is 10.8. The SMILES string of the molecule is CCC(C)COc1ccc2c(c1)C(O)CCC2. The predicted molar refractivity (Wildman–Crippen MR) is 69.3 cm³/mol. The van der Waals surface area contributed by atoms with Gasteiger partial charge < -0.3 is 9.84 Å². The molecule has 2 atom stereocenters. The van der Waals surface area contributed by atoms with E-state index in [4.69, 9.17) is 4.74 Å². The van der Waals surface area contributed by atoms with Crippen molar-refractivity contribution in [1.29, 1.82) is 0 Å². The van der Waals surface area contributed by atoms with Gasteiger partial charge in [-0.15, -0.1) is 0 Å². The molecule has 0 bridgehead atoms. The van der Waals surface area contributed by atoms with E-state index in [0.29, 0.717) is 5.92 Å². The minimum atomic E-state index is -0.300. The second-order valence-electron chi connectivity index (χ2n) is 5.09. The van der Waals surface area contributed by atoms with Crippen LogP contribution in [0.3, 0.4) is 0 Å². The molecule has 2 heteroatoms. The molecule has 0 heterocycles. The highest BCUT2D eigenvalue weighted by Gasteiger charge is 2.18. The average Bonchev–Trinajstić information content (AvgIpc) is 2.36. The summed E-state index contributed by atoms with van der Waals surface area (Å²) < 4.78 is 5.76. The van der Waals surface area contributed by atoms with Crippen LogP contribution in [0.25, 0.3) is 0 Å². The monoisotopic (exact) mass is 234 g/mol. The Morgan fingerprint density at radius 3 is 3.06 bits per heavy atom. The lowest BCUT2D eigenvalue weighted by atomic mass is 9.89. The molecule has 0 saturated carbocycles. The summed E-state index contributed by atoms with van der Waals surface area (Å²) in [5.41, 5.74) is 2.34. The Labute approximate surface area is 104 Å². The molecule has 0 saturated heterocycles. The van der Waals surface area contributed by atoms with Crippen LogP contribution >= 0.6 is 0 Å². The van der Waals surface area contributed by atoms with Crippen molar-refractivity contribution in [1.82, 2.24) is 0 Å². The molecule has 2 nitrogen and oxygen atoms in total. The van der Waals surface area contributed by atoms with Crippen LogP contribution in [0.1, 0.15) is 50.3 Å². The number of hydrogen-bond acceptors (Lipinski definition) is 2. The molecule has 0 amide bonds. The van der Waals surface area contributed by atoms with Crippen LogP contribution in [0.2, 0.25) is 0 Å². The summed E-state index contributed by atoms with van der Waals surface area (Å²) in [5, 5.41) is 9.95. The third kappa shape index (κ3) is 3.01. The zero-order valence-corrected chi connectivity index (χ0v) is 10.8. The molecule has 0 spiro atoms. The maximum absolute atomic E-state index is 9.95. The van der Waals surface area contributed by atoms with E-state index < -0.39 is 0 Å². The van der Waals surface area contributed by atoms with Crippen molar-refractivity contribution >= 4 is 0 Å². The summed E-state index contributed by atoms with van der Waals surface area (Å²) in [7, 11) is 0. The smallest absolute Gasteiger partial charge is 0.119 e. The van der Waals surface area contributed by atoms with E-state index in [-0.39, 0.29) is 6.10 Å². The first-order valence-electron chi connectivity index (χ1n) is 6.64. The normalized spacial score (nSPS) is 20.8. The van der Waals surface area contributed by atoms with Crippen LogP contribution in [0, 0.1) is 5.92 Å². The standard InChI is InChI=1S/C15H22O2/c1-3-11(2)10-17-13-8-7-12-5-4-6-15(16)14(12)9-13/h7-9,11,15-16H,3-6,10H2,1-2H3. The highest BCUT2D eigenvalue weighted by molar-refractivity contribution is 5.38. The minimum Gasteiger partial charge on any atom is -0.493 e. The van der Waals surface area contributed by atoms with E-state index in [1.54, 1.807) is 0 Å². The van der Waals surface area contributed by atoms with E-state index in [1.807, 2.05) is 12.1 Å². The van der Waals surface area contributed by atoms with Crippen LogP contribution in [-0.4, -0.2) is 11.7 Å². The number of rotatable bonds is 4. The Morgan fingerprint density at radius 1 is 1.47 bits per heavy atom. The molecule has 1 aliphatic rings. The van der Waals surface area contributed by atoms with Gasteiger partial charge in [0, 0.05) is 0 Å². The molecule has 1 aromatic carbocycles. The summed E-state index contributed by atoms with van der Waals surface area (Å²) in [6, 6.07) is 6.14. The predicted octanol–water partition coefficient (Wildman–Crippen LogP) is 3.48. The number of ether oxygens (including phenoxy) is 1. The van der Waals surface area contributed by atoms with Crippen LogP contribution < -0.4 is 4.74 Å². The molecule has 2 rings (SSSR count). The van der Waals surface area contributed by atoms with Gasteiger partial charge in [0.25, 0.3) is 0 Å². The van der Waals surface area contributed by atoms with E-state index in [1.165, 1.54) is 5.56 Å². The van der Waals surface area contributed by atoms with Crippen molar-refractivity contribution < 1.29 is 9.84 Å². The molecule has 1 aromatic rings. The average molecular weight is 234 g/mol. The van der Waals surface area contributed by atoms with Gasteiger partial charge in [0.1, 0.15) is 5.75 Å². The first kappa shape index (κ1) is 12.4. The molecular formula is C15H22O2. The summed E-state index contributed by atoms with van der Waals surface area (Å²) in [4.78, 5) is 0. The van der Waals surface area contributed by atoms with Crippen LogP contribution in [0.5, 0.6) is 5.75 Å². The number of fused-ring (bicyclic) bond motifs is 1. The number of aliphatic hydroxyl groups is 1. The minimum absolute atomic E-state index is 0.300. The lowest BCUT2D eigenvalue weighted by Gasteiger charge is -2.22. The lowest BCUT2D eigenvalue weighted by Crippen LogP contribution is -2.11. The fraction of sp³-hybridized carbons (Fsp3) is 0.600. The van der Waals surface area contributed by atoms with Crippen LogP contribution in [0.15, 0.2) is 18.2 Å². The Hall–Kier alpha value is -1.02. The van der Waals surface area contributed by atoms with Crippen molar-refractivity contribution in [2.24, 2.45) is 5.92 Å². The fourth-order valence-corrected chi connectivity index (χ4v) is 2.20.